The fraction of sp³-hybridized carbons (Fsp3) is 0.500. The van der Waals surface area contributed by atoms with Crippen LogP contribution in [0.25, 0.3) is 22.2 Å². The quantitative estimate of drug-likeness (QED) is 0.196. The molecule has 0 radical (unpaired) electrons. The number of ether oxygens (including phenoxy) is 1. The van der Waals surface area contributed by atoms with Crippen LogP contribution >= 0.6 is 0 Å². The summed E-state index contributed by atoms with van der Waals surface area (Å²) in [6.07, 6.45) is 5.26. The molecule has 6 atom stereocenters. The van der Waals surface area contributed by atoms with E-state index < -0.39 is 64.1 Å². The fourth-order valence-electron chi connectivity index (χ4n) is 8.14. The van der Waals surface area contributed by atoms with E-state index in [0.29, 0.717) is 37.4 Å². The van der Waals surface area contributed by atoms with Gasteiger partial charge >= 0.3 is 0 Å². The van der Waals surface area contributed by atoms with Gasteiger partial charge in [0.25, 0.3) is 5.91 Å². The first kappa shape index (κ1) is 38.6. The van der Waals surface area contributed by atoms with Gasteiger partial charge < -0.3 is 24.4 Å². The lowest BCUT2D eigenvalue weighted by Gasteiger charge is -2.37. The van der Waals surface area contributed by atoms with Gasteiger partial charge in [0, 0.05) is 54.9 Å². The van der Waals surface area contributed by atoms with Crippen LogP contribution in [0.2, 0.25) is 0 Å². The zero-order chi connectivity index (χ0) is 39.1. The van der Waals surface area contributed by atoms with E-state index >= 15 is 0 Å². The zero-order valence-electron chi connectivity index (χ0n) is 31.8. The number of fused-ring (bicyclic) bond motifs is 1. The number of pyridine rings is 1. The van der Waals surface area contributed by atoms with Gasteiger partial charge in [-0.05, 0) is 56.1 Å². The summed E-state index contributed by atoms with van der Waals surface area (Å²) in [5, 5.41) is 3.69. The average Bonchev–Trinajstić information content (AvgIpc) is 4.10. The van der Waals surface area contributed by atoms with E-state index in [0.717, 1.165) is 40.0 Å². The summed E-state index contributed by atoms with van der Waals surface area (Å²) in [6, 6.07) is 17.7. The number of carbonyl (C=O) groups excluding carboxylic acids is 4. The monoisotopic (exact) mass is 768 g/mol. The second kappa shape index (κ2) is 15.5. The lowest BCUT2D eigenvalue weighted by atomic mass is 9.77. The average molecular weight is 769 g/mol. The number of nitrogens with zero attached hydrogens (tertiary/aromatic N) is 4. The number of rotatable bonds is 12. The Kier molecular flexibility index (Phi) is 10.9. The molecule has 4 fully saturated rings. The van der Waals surface area contributed by atoms with E-state index in [4.69, 9.17) is 9.72 Å². The van der Waals surface area contributed by atoms with Gasteiger partial charge in [-0.2, -0.15) is 0 Å². The molecule has 2 saturated carbocycles. The van der Waals surface area contributed by atoms with Gasteiger partial charge in [-0.25, -0.2) is 4.98 Å². The highest BCUT2D eigenvalue weighted by Crippen LogP contribution is 2.48. The van der Waals surface area contributed by atoms with Crippen molar-refractivity contribution in [1.29, 1.82) is 0 Å². The molecule has 7 rings (SSSR count). The number of likely N-dealkylation sites (tertiary alicyclic amines) is 2. The molecule has 3 heterocycles. The van der Waals surface area contributed by atoms with Gasteiger partial charge in [0.2, 0.25) is 17.7 Å². The molecule has 55 heavy (non-hydrogen) atoms. The molecule has 4 aliphatic rings. The van der Waals surface area contributed by atoms with Crippen LogP contribution in [0.15, 0.2) is 73.3 Å². The number of para-hydroxylation sites is 1. The first-order valence-electron chi connectivity index (χ1n) is 19.4. The predicted molar refractivity (Wildman–Crippen MR) is 208 cm³/mol. The zero-order valence-corrected chi connectivity index (χ0v) is 32.6. The Balaban J connectivity index is 1.21. The minimum Gasteiger partial charge on any atom is -0.755 e. The van der Waals surface area contributed by atoms with Crippen molar-refractivity contribution in [2.24, 2.45) is 17.3 Å². The minimum atomic E-state index is -2.81. The maximum atomic E-state index is 14.8. The number of piperidine rings is 1. The molecule has 3 aromatic rings. The van der Waals surface area contributed by atoms with Crippen molar-refractivity contribution in [3.63, 3.8) is 0 Å². The predicted octanol–water partition coefficient (Wildman–Crippen LogP) is 5.16. The van der Waals surface area contributed by atoms with E-state index in [9.17, 15) is 27.9 Å². The molecule has 1 aromatic heterocycles. The third-order valence-electron chi connectivity index (χ3n) is 11.6. The molecule has 292 valence electrons. The third kappa shape index (κ3) is 8.05. The largest absolute Gasteiger partial charge is 0.755 e. The molecule has 2 aromatic carbocycles. The van der Waals surface area contributed by atoms with Crippen LogP contribution < -0.4 is 10.1 Å². The van der Waals surface area contributed by atoms with Crippen molar-refractivity contribution in [3.05, 3.63) is 73.3 Å². The molecule has 4 amide bonds. The molecular formula is C42H50N5O7S-. The highest BCUT2D eigenvalue weighted by atomic mass is 32.2. The third-order valence-corrected chi connectivity index (χ3v) is 12.4. The highest BCUT2D eigenvalue weighted by Gasteiger charge is 2.63. The van der Waals surface area contributed by atoms with Crippen LogP contribution in [0.3, 0.4) is 0 Å². The van der Waals surface area contributed by atoms with Crippen LogP contribution in [-0.4, -0.2) is 94.8 Å². The van der Waals surface area contributed by atoms with Crippen molar-refractivity contribution in [1.82, 2.24) is 24.4 Å². The first-order chi connectivity index (χ1) is 26.3. The Morgan fingerprint density at radius 2 is 1.76 bits per heavy atom. The highest BCUT2D eigenvalue weighted by molar-refractivity contribution is 7.77. The van der Waals surface area contributed by atoms with Gasteiger partial charge in [-0.3, -0.25) is 27.7 Å². The maximum Gasteiger partial charge on any atom is 0.260 e. The van der Waals surface area contributed by atoms with E-state index in [2.05, 4.69) is 11.9 Å². The van der Waals surface area contributed by atoms with E-state index in [1.165, 1.54) is 4.90 Å². The number of amides is 4. The molecule has 2 aliphatic heterocycles. The molecule has 2 aliphatic carbocycles. The van der Waals surface area contributed by atoms with E-state index in [1.54, 1.807) is 6.08 Å². The van der Waals surface area contributed by atoms with Crippen molar-refractivity contribution in [2.45, 2.75) is 95.9 Å². The molecule has 2 saturated heterocycles. The van der Waals surface area contributed by atoms with Crippen LogP contribution in [0, 0.1) is 17.3 Å². The lowest BCUT2D eigenvalue weighted by molar-refractivity contribution is -0.149. The summed E-state index contributed by atoms with van der Waals surface area (Å²) >= 11 is -2.81. The number of aromatic nitrogens is 1. The van der Waals surface area contributed by atoms with Crippen molar-refractivity contribution < 1.29 is 32.7 Å². The molecule has 2 unspecified atom stereocenters. The Bertz CT molecular complexity index is 1990. The summed E-state index contributed by atoms with van der Waals surface area (Å²) in [5.41, 5.74) is 0.219. The number of carbonyl (C=O) groups is 4. The van der Waals surface area contributed by atoms with Crippen LogP contribution in [0.4, 0.5) is 0 Å². The van der Waals surface area contributed by atoms with Gasteiger partial charge in [0.1, 0.15) is 23.4 Å². The smallest absolute Gasteiger partial charge is 0.260 e. The van der Waals surface area contributed by atoms with Gasteiger partial charge in [0.15, 0.2) is 0 Å². The van der Waals surface area contributed by atoms with Crippen molar-refractivity contribution in [3.8, 4) is 17.0 Å². The summed E-state index contributed by atoms with van der Waals surface area (Å²) in [4.78, 5) is 65.1. The lowest BCUT2D eigenvalue weighted by Crippen LogP contribution is -2.57. The first-order valence-corrected chi connectivity index (χ1v) is 20.4. The summed E-state index contributed by atoms with van der Waals surface area (Å²) in [6.45, 7) is 11.0. The maximum absolute atomic E-state index is 14.8. The van der Waals surface area contributed by atoms with Crippen molar-refractivity contribution >= 4 is 45.8 Å². The van der Waals surface area contributed by atoms with Crippen LogP contribution in [0.5, 0.6) is 5.75 Å². The Hall–Kier alpha value is -4.62. The second-order valence-electron chi connectivity index (χ2n) is 16.5. The minimum absolute atomic E-state index is 0.000742. The molecule has 13 heteroatoms. The summed E-state index contributed by atoms with van der Waals surface area (Å²) in [5.74, 6) is -2.37. The number of hydrogen-bond donors (Lipinski definition) is 1. The SMILES string of the molecule is C=CC1C[C@]1(NC(=O)[C@@H]1C[C@@H](Oc2cc(-c3ccccc3)nc3ccccc23)CN1C(=O)[C@@H](CC(=O)N1CCCCC1)C(C)(C)C)C(=O)N(C1CC1)S(=O)[O-]. The summed E-state index contributed by atoms with van der Waals surface area (Å²) < 4.78 is 32.0. The summed E-state index contributed by atoms with van der Waals surface area (Å²) in [7, 11) is 0. The topological polar surface area (TPSA) is 152 Å². The molecule has 1 N–H and O–H groups in total. The standard InChI is InChI=1S/C42H51N5O7S/c1-5-28-25-42(28,40(51)47(55(52)53)29-18-19-29)44-38(49)35-22-30(26-46(35)39(50)32(41(2,3)4)23-37(48)45-20-12-7-13-21-45)54-36-24-34(27-14-8-6-9-15-27)43-33-17-11-10-16-31(33)36/h5-6,8-11,14-17,24,28-30,32,35H,1,7,12-13,18-23,25-26H2,2-4H3,(H,44,49)(H,52,53)/p-1/t28?,30-,32-,35+,42-/m1/s1. The Morgan fingerprint density at radius 3 is 2.40 bits per heavy atom. The molecule has 12 nitrogen and oxygen atoms in total. The number of benzene rings is 2. The van der Waals surface area contributed by atoms with Crippen molar-refractivity contribution in [2.75, 3.05) is 19.6 Å². The van der Waals surface area contributed by atoms with E-state index in [1.807, 2.05) is 86.3 Å². The van der Waals surface area contributed by atoms with Crippen LogP contribution in [0.1, 0.15) is 72.1 Å². The van der Waals surface area contributed by atoms with Gasteiger partial charge in [-0.1, -0.05) is 69.3 Å². The van der Waals surface area contributed by atoms with Crippen LogP contribution in [-0.2, 0) is 30.4 Å². The molecular weight excluding hydrogens is 719 g/mol. The fourth-order valence-corrected chi connectivity index (χ4v) is 8.90. The second-order valence-corrected chi connectivity index (χ2v) is 17.3. The Labute approximate surface area is 325 Å². The molecule has 0 spiro atoms. The van der Waals surface area contributed by atoms with Gasteiger partial charge in [-0.15, -0.1) is 6.58 Å². The van der Waals surface area contributed by atoms with E-state index in [-0.39, 0.29) is 37.6 Å². The number of nitrogens with one attached hydrogen (secondary N) is 1. The van der Waals surface area contributed by atoms with Gasteiger partial charge in [0.05, 0.1) is 34.9 Å². The number of hydrogen-bond acceptors (Lipinski definition) is 8. The molecule has 0 bridgehead atoms. The Morgan fingerprint density at radius 1 is 1.07 bits per heavy atom. The normalized spacial score (nSPS) is 24.8.